The fourth-order valence-electron chi connectivity index (χ4n) is 2.22. The zero-order chi connectivity index (χ0) is 13.9. The summed E-state index contributed by atoms with van der Waals surface area (Å²) in [7, 11) is -2.97. The quantitative estimate of drug-likeness (QED) is 0.811. The van der Waals surface area contributed by atoms with Crippen molar-refractivity contribution in [3.63, 3.8) is 0 Å². The zero-order valence-electron chi connectivity index (χ0n) is 11.1. The molecule has 5 heteroatoms. The minimum Gasteiger partial charge on any atom is -0.384 e. The van der Waals surface area contributed by atoms with Crippen molar-refractivity contribution in [2.45, 2.75) is 26.2 Å². The summed E-state index contributed by atoms with van der Waals surface area (Å²) in [5, 5.41) is 3.25. The van der Waals surface area contributed by atoms with E-state index in [-0.39, 0.29) is 17.3 Å². The molecule has 1 heterocycles. The lowest BCUT2D eigenvalue weighted by Crippen LogP contribution is -2.10. The second-order valence-electron chi connectivity index (χ2n) is 4.81. The number of carbonyl (C=O) groups is 1. The van der Waals surface area contributed by atoms with Crippen LogP contribution in [0.15, 0.2) is 18.2 Å². The van der Waals surface area contributed by atoms with Crippen molar-refractivity contribution < 1.29 is 13.2 Å². The van der Waals surface area contributed by atoms with Crippen LogP contribution in [-0.2, 0) is 16.3 Å². The molecule has 0 aromatic heterocycles. The van der Waals surface area contributed by atoms with Crippen LogP contribution in [0.5, 0.6) is 0 Å². The van der Waals surface area contributed by atoms with Crippen LogP contribution >= 0.6 is 0 Å². The van der Waals surface area contributed by atoms with E-state index in [2.05, 4.69) is 5.32 Å². The normalized spacial score (nSPS) is 13.9. The standard InChI is InChI=1S/C14H19NO3S/c1-2-19(17,18)9-3-4-14(16)12-5-6-13-11(10-12)7-8-15-13/h5-6,10,15H,2-4,7-9H2,1H3. The number of rotatable bonds is 6. The first kappa shape index (κ1) is 14.1. The Hall–Kier alpha value is -1.36. The first-order chi connectivity index (χ1) is 9.02. The number of benzene rings is 1. The second kappa shape index (κ2) is 5.74. The van der Waals surface area contributed by atoms with Crippen LogP contribution in [-0.4, -0.2) is 32.3 Å². The van der Waals surface area contributed by atoms with E-state index in [1.807, 2.05) is 18.2 Å². The van der Waals surface area contributed by atoms with Gasteiger partial charge in [-0.1, -0.05) is 6.92 Å². The van der Waals surface area contributed by atoms with Crippen molar-refractivity contribution >= 4 is 21.3 Å². The number of Topliss-reactive ketones (excluding diaryl/α,β-unsaturated/α-hetero) is 1. The van der Waals surface area contributed by atoms with Gasteiger partial charge in [0.05, 0.1) is 5.75 Å². The van der Waals surface area contributed by atoms with Crippen LogP contribution in [0.1, 0.15) is 35.7 Å². The van der Waals surface area contributed by atoms with E-state index in [4.69, 9.17) is 0 Å². The Morgan fingerprint density at radius 2 is 2.16 bits per heavy atom. The minimum atomic E-state index is -2.97. The first-order valence-electron chi connectivity index (χ1n) is 6.62. The van der Waals surface area contributed by atoms with E-state index in [9.17, 15) is 13.2 Å². The minimum absolute atomic E-state index is 0.0287. The molecule has 0 aliphatic carbocycles. The number of hydrogen-bond acceptors (Lipinski definition) is 4. The number of carbonyl (C=O) groups excluding carboxylic acids is 1. The Morgan fingerprint density at radius 3 is 2.89 bits per heavy atom. The van der Waals surface area contributed by atoms with Gasteiger partial charge in [-0.15, -0.1) is 0 Å². The molecule has 104 valence electrons. The molecule has 19 heavy (non-hydrogen) atoms. The summed E-state index contributed by atoms with van der Waals surface area (Å²) < 4.78 is 22.7. The molecule has 1 N–H and O–H groups in total. The van der Waals surface area contributed by atoms with Gasteiger partial charge < -0.3 is 5.32 Å². The third-order valence-electron chi connectivity index (χ3n) is 3.44. The molecule has 0 saturated carbocycles. The Labute approximate surface area is 114 Å². The van der Waals surface area contributed by atoms with Crippen molar-refractivity contribution in [2.24, 2.45) is 0 Å². The molecule has 4 nitrogen and oxygen atoms in total. The predicted octanol–water partition coefficient (Wildman–Crippen LogP) is 2.05. The maximum absolute atomic E-state index is 12.0. The van der Waals surface area contributed by atoms with Crippen molar-refractivity contribution in [3.8, 4) is 0 Å². The summed E-state index contributed by atoms with van der Waals surface area (Å²) in [6.45, 7) is 2.55. The number of ketones is 1. The van der Waals surface area contributed by atoms with E-state index in [0.717, 1.165) is 18.7 Å². The highest BCUT2D eigenvalue weighted by atomic mass is 32.2. The Kier molecular flexibility index (Phi) is 4.24. The molecule has 0 amide bonds. The highest BCUT2D eigenvalue weighted by molar-refractivity contribution is 7.91. The molecule has 0 unspecified atom stereocenters. The monoisotopic (exact) mass is 281 g/mol. The summed E-state index contributed by atoms with van der Waals surface area (Å²) in [5.41, 5.74) is 2.97. The maximum atomic E-state index is 12.0. The lowest BCUT2D eigenvalue weighted by molar-refractivity contribution is 0.0982. The molecule has 0 fully saturated rings. The molecule has 1 aliphatic heterocycles. The number of anilines is 1. The lowest BCUT2D eigenvalue weighted by Gasteiger charge is -2.04. The van der Waals surface area contributed by atoms with Crippen LogP contribution in [0.2, 0.25) is 0 Å². The van der Waals surface area contributed by atoms with Gasteiger partial charge in [0.2, 0.25) is 0 Å². The van der Waals surface area contributed by atoms with E-state index in [0.29, 0.717) is 18.4 Å². The summed E-state index contributed by atoms with van der Waals surface area (Å²) in [5.74, 6) is 0.272. The summed E-state index contributed by atoms with van der Waals surface area (Å²) in [4.78, 5) is 12.0. The molecule has 0 spiro atoms. The van der Waals surface area contributed by atoms with Gasteiger partial charge in [0, 0.05) is 30.0 Å². The second-order valence-corrected chi connectivity index (χ2v) is 7.28. The van der Waals surface area contributed by atoms with Gasteiger partial charge in [-0.2, -0.15) is 0 Å². The number of sulfone groups is 1. The molecular weight excluding hydrogens is 262 g/mol. The summed E-state index contributed by atoms with van der Waals surface area (Å²) in [6.07, 6.45) is 1.65. The van der Waals surface area contributed by atoms with E-state index in [1.54, 1.807) is 6.92 Å². The first-order valence-corrected chi connectivity index (χ1v) is 8.44. The molecule has 1 aromatic carbocycles. The van der Waals surface area contributed by atoms with E-state index < -0.39 is 9.84 Å². The molecule has 2 rings (SSSR count). The van der Waals surface area contributed by atoms with E-state index >= 15 is 0 Å². The van der Waals surface area contributed by atoms with Gasteiger partial charge in [-0.05, 0) is 36.6 Å². The largest absolute Gasteiger partial charge is 0.384 e. The van der Waals surface area contributed by atoms with Gasteiger partial charge in [-0.3, -0.25) is 4.79 Å². The van der Waals surface area contributed by atoms with Crippen molar-refractivity contribution in [3.05, 3.63) is 29.3 Å². The van der Waals surface area contributed by atoms with Gasteiger partial charge in [0.25, 0.3) is 0 Å². The summed E-state index contributed by atoms with van der Waals surface area (Å²) >= 11 is 0. The topological polar surface area (TPSA) is 63.2 Å². The third-order valence-corrected chi connectivity index (χ3v) is 5.23. The van der Waals surface area contributed by atoms with Gasteiger partial charge in [0.15, 0.2) is 5.78 Å². The predicted molar refractivity (Wildman–Crippen MR) is 76.5 cm³/mol. The molecular formula is C14H19NO3S. The third kappa shape index (κ3) is 3.56. The molecule has 1 aliphatic rings. The van der Waals surface area contributed by atoms with Crippen LogP contribution in [0.4, 0.5) is 5.69 Å². The number of fused-ring (bicyclic) bond motifs is 1. The van der Waals surface area contributed by atoms with Gasteiger partial charge in [-0.25, -0.2) is 8.42 Å². The number of nitrogens with one attached hydrogen (secondary N) is 1. The van der Waals surface area contributed by atoms with Crippen LogP contribution < -0.4 is 5.32 Å². The Morgan fingerprint density at radius 1 is 1.37 bits per heavy atom. The average molecular weight is 281 g/mol. The Balaban J connectivity index is 1.94. The maximum Gasteiger partial charge on any atom is 0.162 e. The van der Waals surface area contributed by atoms with Crippen molar-refractivity contribution in [1.29, 1.82) is 0 Å². The fourth-order valence-corrected chi connectivity index (χ4v) is 3.09. The highest BCUT2D eigenvalue weighted by Crippen LogP contribution is 2.23. The van der Waals surface area contributed by atoms with Crippen LogP contribution in [0.25, 0.3) is 0 Å². The van der Waals surface area contributed by atoms with Gasteiger partial charge in [0.1, 0.15) is 9.84 Å². The summed E-state index contributed by atoms with van der Waals surface area (Å²) in [6, 6.07) is 5.66. The molecule has 0 saturated heterocycles. The van der Waals surface area contributed by atoms with Crippen LogP contribution in [0, 0.1) is 0 Å². The van der Waals surface area contributed by atoms with Crippen molar-refractivity contribution in [1.82, 2.24) is 0 Å². The fraction of sp³-hybridized carbons (Fsp3) is 0.500. The SMILES string of the molecule is CCS(=O)(=O)CCCC(=O)c1ccc2c(c1)CCN2. The molecule has 0 bridgehead atoms. The average Bonchev–Trinajstić information content (AvgIpc) is 2.85. The van der Waals surface area contributed by atoms with Crippen molar-refractivity contribution in [2.75, 3.05) is 23.4 Å². The highest BCUT2D eigenvalue weighted by Gasteiger charge is 2.14. The molecule has 1 aromatic rings. The molecule has 0 atom stereocenters. The number of hydrogen-bond donors (Lipinski definition) is 1. The van der Waals surface area contributed by atoms with Crippen LogP contribution in [0.3, 0.4) is 0 Å². The van der Waals surface area contributed by atoms with Gasteiger partial charge >= 0.3 is 0 Å². The molecule has 0 radical (unpaired) electrons. The lowest BCUT2D eigenvalue weighted by atomic mass is 10.0. The Bertz CT molecular complexity index is 578. The zero-order valence-corrected chi connectivity index (χ0v) is 11.9. The van der Waals surface area contributed by atoms with E-state index in [1.165, 1.54) is 5.56 Å². The smallest absolute Gasteiger partial charge is 0.162 e.